The summed E-state index contributed by atoms with van der Waals surface area (Å²) in [6, 6.07) is 6.24. The van der Waals surface area contributed by atoms with E-state index in [9.17, 15) is 13.2 Å². The van der Waals surface area contributed by atoms with Crippen LogP contribution in [0.5, 0.6) is 5.75 Å². The first-order chi connectivity index (χ1) is 9.96. The van der Waals surface area contributed by atoms with Crippen LogP contribution in [0.2, 0.25) is 0 Å². The summed E-state index contributed by atoms with van der Waals surface area (Å²) >= 11 is 0. The van der Waals surface area contributed by atoms with Crippen LogP contribution in [0.3, 0.4) is 0 Å². The average molecular weight is 339 g/mol. The lowest BCUT2D eigenvalue weighted by molar-refractivity contribution is -0.274. The number of benzene rings is 1. The van der Waals surface area contributed by atoms with Crippen molar-refractivity contribution in [1.82, 2.24) is 10.2 Å². The Morgan fingerprint density at radius 1 is 1.36 bits per heavy atom. The van der Waals surface area contributed by atoms with E-state index in [-0.39, 0.29) is 18.2 Å². The molecule has 1 aliphatic rings. The average Bonchev–Trinajstić information content (AvgIpc) is 2.38. The van der Waals surface area contributed by atoms with E-state index in [2.05, 4.69) is 15.0 Å². The molecule has 1 N–H and O–H groups in total. The van der Waals surface area contributed by atoms with Gasteiger partial charge < -0.3 is 10.1 Å². The van der Waals surface area contributed by atoms with Crippen molar-refractivity contribution in [1.29, 1.82) is 0 Å². The highest BCUT2D eigenvalue weighted by molar-refractivity contribution is 5.85. The predicted octanol–water partition coefficient (Wildman–Crippen LogP) is 3.44. The van der Waals surface area contributed by atoms with Crippen molar-refractivity contribution in [3.05, 3.63) is 29.8 Å². The maximum Gasteiger partial charge on any atom is 0.573 e. The minimum absolute atomic E-state index is 0. The fourth-order valence-electron chi connectivity index (χ4n) is 2.85. The number of nitrogens with zero attached hydrogens (tertiary/aromatic N) is 1. The monoisotopic (exact) mass is 338 g/mol. The molecule has 0 radical (unpaired) electrons. The van der Waals surface area contributed by atoms with Crippen molar-refractivity contribution in [3.63, 3.8) is 0 Å². The summed E-state index contributed by atoms with van der Waals surface area (Å²) < 4.78 is 40.6. The van der Waals surface area contributed by atoms with Gasteiger partial charge >= 0.3 is 6.36 Å². The van der Waals surface area contributed by atoms with Gasteiger partial charge in [0.25, 0.3) is 0 Å². The number of likely N-dealkylation sites (tertiary alicyclic amines) is 1. The van der Waals surface area contributed by atoms with Gasteiger partial charge in [-0.2, -0.15) is 0 Å². The van der Waals surface area contributed by atoms with Gasteiger partial charge in [0.15, 0.2) is 0 Å². The molecule has 1 aliphatic heterocycles. The van der Waals surface area contributed by atoms with Gasteiger partial charge in [-0.15, -0.1) is 25.6 Å². The largest absolute Gasteiger partial charge is 0.573 e. The Kier molecular flexibility index (Phi) is 7.45. The standard InChI is InChI=1S/C15H21F3N2O.ClH/c1-19-9-13-5-3-7-20(11-13)10-12-4-2-6-14(8-12)21-15(16,17)18;/h2,4,6,8,13,19H,3,5,7,9-11H2,1H3;1H. The molecule has 1 aromatic rings. The number of hydrogen-bond donors (Lipinski definition) is 1. The maximum absolute atomic E-state index is 12.2. The number of ether oxygens (including phenoxy) is 1. The van der Waals surface area contributed by atoms with Gasteiger partial charge in [-0.3, -0.25) is 4.90 Å². The second kappa shape index (κ2) is 8.60. The van der Waals surface area contributed by atoms with Gasteiger partial charge in [-0.05, 0) is 56.6 Å². The molecule has 0 bridgehead atoms. The topological polar surface area (TPSA) is 24.5 Å². The number of hydrogen-bond acceptors (Lipinski definition) is 3. The lowest BCUT2D eigenvalue weighted by Crippen LogP contribution is -2.38. The zero-order chi connectivity index (χ0) is 15.3. The van der Waals surface area contributed by atoms with Gasteiger partial charge in [0.1, 0.15) is 5.75 Å². The van der Waals surface area contributed by atoms with Crippen LogP contribution >= 0.6 is 12.4 Å². The lowest BCUT2D eigenvalue weighted by Gasteiger charge is -2.32. The second-order valence-electron chi connectivity index (χ2n) is 5.50. The van der Waals surface area contributed by atoms with Crippen LogP contribution in [-0.4, -0.2) is 37.9 Å². The fraction of sp³-hybridized carbons (Fsp3) is 0.600. The van der Waals surface area contributed by atoms with Crippen molar-refractivity contribution in [2.45, 2.75) is 25.7 Å². The van der Waals surface area contributed by atoms with E-state index in [0.717, 1.165) is 31.6 Å². The van der Waals surface area contributed by atoms with E-state index in [1.807, 2.05) is 13.1 Å². The quantitative estimate of drug-likeness (QED) is 0.890. The van der Waals surface area contributed by atoms with Crippen LogP contribution in [0, 0.1) is 5.92 Å². The van der Waals surface area contributed by atoms with Gasteiger partial charge in [0.05, 0.1) is 0 Å². The summed E-state index contributed by atoms with van der Waals surface area (Å²) in [4.78, 5) is 2.29. The molecule has 1 fully saturated rings. The van der Waals surface area contributed by atoms with E-state index >= 15 is 0 Å². The molecule has 0 amide bonds. The highest BCUT2D eigenvalue weighted by atomic mass is 35.5. The van der Waals surface area contributed by atoms with Gasteiger partial charge in [-0.1, -0.05) is 12.1 Å². The summed E-state index contributed by atoms with van der Waals surface area (Å²) in [6.45, 7) is 3.61. The Hall–Kier alpha value is -0.980. The Morgan fingerprint density at radius 2 is 2.14 bits per heavy atom. The molecule has 1 atom stereocenters. The Labute approximate surface area is 135 Å². The number of piperidine rings is 1. The molecular weight excluding hydrogens is 317 g/mol. The summed E-state index contributed by atoms with van der Waals surface area (Å²) in [5.74, 6) is 0.460. The van der Waals surface area contributed by atoms with Crippen LogP contribution in [0.25, 0.3) is 0 Å². The summed E-state index contributed by atoms with van der Waals surface area (Å²) in [5, 5.41) is 3.19. The number of alkyl halides is 3. The predicted molar refractivity (Wildman–Crippen MR) is 82.3 cm³/mol. The third-order valence-electron chi connectivity index (χ3n) is 3.63. The fourth-order valence-corrected chi connectivity index (χ4v) is 2.85. The van der Waals surface area contributed by atoms with Crippen molar-refractivity contribution in [2.75, 3.05) is 26.7 Å². The Balaban J connectivity index is 0.00000242. The van der Waals surface area contributed by atoms with Crippen LogP contribution in [-0.2, 0) is 6.54 Å². The van der Waals surface area contributed by atoms with E-state index in [4.69, 9.17) is 0 Å². The molecule has 2 rings (SSSR count). The van der Waals surface area contributed by atoms with E-state index in [1.54, 1.807) is 6.07 Å². The first-order valence-electron chi connectivity index (χ1n) is 7.18. The molecule has 0 saturated carbocycles. The SMILES string of the molecule is CNCC1CCCN(Cc2cccc(OC(F)(F)F)c2)C1.Cl. The van der Waals surface area contributed by atoms with Crippen molar-refractivity contribution in [3.8, 4) is 5.75 Å². The Bertz CT molecular complexity index is 455. The highest BCUT2D eigenvalue weighted by Gasteiger charge is 2.31. The molecule has 1 heterocycles. The third-order valence-corrected chi connectivity index (χ3v) is 3.63. The molecule has 0 aliphatic carbocycles. The minimum Gasteiger partial charge on any atom is -0.406 e. The van der Waals surface area contributed by atoms with Crippen LogP contribution in [0.1, 0.15) is 18.4 Å². The maximum atomic E-state index is 12.2. The molecular formula is C15H22ClF3N2O. The molecule has 126 valence electrons. The van der Waals surface area contributed by atoms with E-state index in [0.29, 0.717) is 12.5 Å². The zero-order valence-electron chi connectivity index (χ0n) is 12.5. The van der Waals surface area contributed by atoms with Gasteiger partial charge in [0.2, 0.25) is 0 Å². The molecule has 7 heteroatoms. The van der Waals surface area contributed by atoms with Gasteiger partial charge in [-0.25, -0.2) is 0 Å². The molecule has 1 saturated heterocycles. The molecule has 0 spiro atoms. The molecule has 1 unspecified atom stereocenters. The van der Waals surface area contributed by atoms with E-state index in [1.165, 1.54) is 18.6 Å². The zero-order valence-corrected chi connectivity index (χ0v) is 13.3. The van der Waals surface area contributed by atoms with Crippen LogP contribution in [0.4, 0.5) is 13.2 Å². The van der Waals surface area contributed by atoms with Gasteiger partial charge in [0, 0.05) is 13.1 Å². The van der Waals surface area contributed by atoms with Crippen LogP contribution < -0.4 is 10.1 Å². The molecule has 3 nitrogen and oxygen atoms in total. The smallest absolute Gasteiger partial charge is 0.406 e. The van der Waals surface area contributed by atoms with Crippen molar-refractivity contribution in [2.24, 2.45) is 5.92 Å². The van der Waals surface area contributed by atoms with Crippen LogP contribution in [0.15, 0.2) is 24.3 Å². The summed E-state index contributed by atoms with van der Waals surface area (Å²) in [6.07, 6.45) is -2.30. The number of halogens is 4. The highest BCUT2D eigenvalue weighted by Crippen LogP contribution is 2.24. The summed E-state index contributed by atoms with van der Waals surface area (Å²) in [5.41, 5.74) is 0.849. The third kappa shape index (κ3) is 6.42. The lowest BCUT2D eigenvalue weighted by atomic mass is 9.97. The molecule has 0 aromatic heterocycles. The normalized spacial score (nSPS) is 19.5. The Morgan fingerprint density at radius 3 is 2.82 bits per heavy atom. The molecule has 1 aromatic carbocycles. The van der Waals surface area contributed by atoms with Crippen molar-refractivity contribution >= 4 is 12.4 Å². The molecule has 22 heavy (non-hydrogen) atoms. The second-order valence-corrected chi connectivity index (χ2v) is 5.50. The summed E-state index contributed by atoms with van der Waals surface area (Å²) in [7, 11) is 1.94. The number of nitrogens with one attached hydrogen (secondary N) is 1. The minimum atomic E-state index is -4.64. The first-order valence-corrected chi connectivity index (χ1v) is 7.18. The van der Waals surface area contributed by atoms with Crippen molar-refractivity contribution < 1.29 is 17.9 Å². The first kappa shape index (κ1) is 19.1. The number of rotatable bonds is 5. The van der Waals surface area contributed by atoms with E-state index < -0.39 is 6.36 Å².